The van der Waals surface area contributed by atoms with Gasteiger partial charge in [-0.05, 0) is 80.4 Å². The normalized spacial score (nSPS) is 13.4. The fourth-order valence-corrected chi connectivity index (χ4v) is 3.15. The quantitative estimate of drug-likeness (QED) is 0.172. The number of para-hydroxylation sites is 1. The first-order valence-electron chi connectivity index (χ1n) is 10.8. The van der Waals surface area contributed by atoms with Gasteiger partial charge in [-0.25, -0.2) is 14.6 Å². The van der Waals surface area contributed by atoms with Crippen molar-refractivity contribution in [2.75, 3.05) is 0 Å². The summed E-state index contributed by atoms with van der Waals surface area (Å²) in [5.41, 5.74) is -0.818. The number of halogens is 1. The van der Waals surface area contributed by atoms with Crippen LogP contribution in [0.15, 0.2) is 34.8 Å². The summed E-state index contributed by atoms with van der Waals surface area (Å²) in [5.74, 6) is -3.37. The number of esters is 2. The number of nitrogens with zero attached hydrogens (tertiary/aromatic N) is 1. The summed E-state index contributed by atoms with van der Waals surface area (Å²) in [4.78, 5) is 53.6. The minimum absolute atomic E-state index is 0.397. The molecule has 0 saturated heterocycles. The number of ketones is 2. The molecule has 0 heterocycles. The highest BCUT2D eigenvalue weighted by molar-refractivity contribution is 6.62. The first-order chi connectivity index (χ1) is 15.3. The van der Waals surface area contributed by atoms with E-state index >= 15 is 0 Å². The highest BCUT2D eigenvalue weighted by atomic mass is 35.5. The third-order valence-electron chi connectivity index (χ3n) is 4.50. The summed E-state index contributed by atoms with van der Waals surface area (Å²) in [6, 6.07) is 5.38. The summed E-state index contributed by atoms with van der Waals surface area (Å²) in [5, 5.41) is 0. The van der Waals surface area contributed by atoms with Crippen LogP contribution in [0.2, 0.25) is 0 Å². The molecule has 8 heteroatoms. The summed E-state index contributed by atoms with van der Waals surface area (Å²) in [6.45, 7) is 15.7. The van der Waals surface area contributed by atoms with E-state index in [1.807, 2.05) is 6.07 Å². The van der Waals surface area contributed by atoms with Crippen LogP contribution >= 0.6 is 11.6 Å². The molecular weight excluding hydrogens is 458 g/mol. The first-order valence-corrected chi connectivity index (χ1v) is 11.2. The fraction of sp³-hybridized carbons (Fsp3) is 0.500. The SMILES string of the molecule is CC(=O)C(Cl)(C(C)=O)C(=Nc1c(C)cccc1C)/C(=C/C(=O)OC(C)(C)C)C(=O)OC(C)(C)C. The van der Waals surface area contributed by atoms with Crippen molar-refractivity contribution >= 4 is 46.5 Å². The number of carbonyl (C=O) groups excluding carboxylic acids is 4. The van der Waals surface area contributed by atoms with E-state index in [-0.39, 0.29) is 0 Å². The second kappa shape index (κ2) is 10.6. The van der Waals surface area contributed by atoms with E-state index in [0.717, 1.165) is 19.9 Å². The Hall–Kier alpha value is -2.80. The molecule has 0 amide bonds. The van der Waals surface area contributed by atoms with Crippen molar-refractivity contribution in [2.24, 2.45) is 4.99 Å². The zero-order valence-electron chi connectivity index (χ0n) is 21.6. The highest BCUT2D eigenvalue weighted by Crippen LogP contribution is 2.32. The maximum absolute atomic E-state index is 13.3. The molecule has 0 radical (unpaired) electrons. The summed E-state index contributed by atoms with van der Waals surface area (Å²) >= 11 is 6.63. The molecule has 0 unspecified atom stereocenters. The monoisotopic (exact) mass is 491 g/mol. The van der Waals surface area contributed by atoms with Gasteiger partial charge in [0.25, 0.3) is 0 Å². The Labute approximate surface area is 206 Å². The van der Waals surface area contributed by atoms with Crippen LogP contribution in [0, 0.1) is 13.8 Å². The fourth-order valence-electron chi connectivity index (χ4n) is 3.00. The van der Waals surface area contributed by atoms with Gasteiger partial charge in [-0.3, -0.25) is 9.59 Å². The van der Waals surface area contributed by atoms with Crippen LogP contribution in [0.4, 0.5) is 5.69 Å². The third kappa shape index (κ3) is 7.62. The Balaban J connectivity index is 4.07. The maximum atomic E-state index is 13.3. The average molecular weight is 492 g/mol. The Morgan fingerprint density at radius 1 is 0.853 bits per heavy atom. The number of alkyl halides is 1. The molecule has 0 fully saturated rings. The molecule has 0 bridgehead atoms. The Bertz CT molecular complexity index is 1020. The molecule has 0 N–H and O–H groups in total. The Morgan fingerprint density at radius 2 is 1.29 bits per heavy atom. The van der Waals surface area contributed by atoms with Crippen molar-refractivity contribution < 1.29 is 28.7 Å². The second-order valence-corrected chi connectivity index (χ2v) is 10.6. The molecule has 7 nitrogen and oxygen atoms in total. The standard InChI is InChI=1S/C26H34ClNO6/c1-15-12-11-13-16(2)21(15)28-22(26(27,17(3)29)18(4)30)19(23(32)34-25(8,9)10)14-20(31)33-24(5,6)7/h11-14H,1-10H3/b19-14-,28-22?. The molecule has 0 aliphatic rings. The summed E-state index contributed by atoms with van der Waals surface area (Å²) < 4.78 is 10.8. The van der Waals surface area contributed by atoms with E-state index in [2.05, 4.69) is 4.99 Å². The van der Waals surface area contributed by atoms with Gasteiger partial charge < -0.3 is 9.47 Å². The smallest absolute Gasteiger partial charge is 0.340 e. The molecule has 0 aliphatic carbocycles. The second-order valence-electron chi connectivity index (χ2n) is 10.1. The van der Waals surface area contributed by atoms with Crippen molar-refractivity contribution in [1.82, 2.24) is 0 Å². The van der Waals surface area contributed by atoms with Gasteiger partial charge in [0.15, 0.2) is 11.6 Å². The molecule has 0 spiro atoms. The molecule has 34 heavy (non-hydrogen) atoms. The molecule has 0 aromatic heterocycles. The van der Waals surface area contributed by atoms with Gasteiger partial charge in [-0.1, -0.05) is 29.8 Å². The van der Waals surface area contributed by atoms with Gasteiger partial charge in [0.05, 0.1) is 17.0 Å². The lowest BCUT2D eigenvalue weighted by atomic mass is 9.88. The largest absolute Gasteiger partial charge is 0.457 e. The summed E-state index contributed by atoms with van der Waals surface area (Å²) in [7, 11) is 0. The van der Waals surface area contributed by atoms with Crippen molar-refractivity contribution in [3.63, 3.8) is 0 Å². The number of benzene rings is 1. The number of rotatable bonds is 7. The van der Waals surface area contributed by atoms with E-state index < -0.39 is 50.9 Å². The molecule has 0 saturated carbocycles. The van der Waals surface area contributed by atoms with E-state index in [1.54, 1.807) is 67.5 Å². The molecule has 0 atom stereocenters. The lowest BCUT2D eigenvalue weighted by molar-refractivity contribution is -0.152. The number of hydrogen-bond donors (Lipinski definition) is 0. The molecular formula is C26H34ClNO6. The van der Waals surface area contributed by atoms with Gasteiger partial charge in [-0.15, -0.1) is 0 Å². The molecule has 186 valence electrons. The van der Waals surface area contributed by atoms with Crippen LogP contribution in [0.1, 0.15) is 66.5 Å². The average Bonchev–Trinajstić information content (AvgIpc) is 2.62. The number of aliphatic imine (C=N–C) groups is 1. The maximum Gasteiger partial charge on any atom is 0.340 e. The van der Waals surface area contributed by atoms with E-state index in [1.165, 1.54) is 0 Å². The van der Waals surface area contributed by atoms with Crippen LogP contribution in [-0.4, -0.2) is 45.3 Å². The van der Waals surface area contributed by atoms with E-state index in [0.29, 0.717) is 16.8 Å². The number of Topliss-reactive ketones (excluding diaryl/α,β-unsaturated/α-hetero) is 2. The first kappa shape index (κ1) is 29.2. The van der Waals surface area contributed by atoms with Crippen LogP contribution in [-0.2, 0) is 28.7 Å². The topological polar surface area (TPSA) is 99.1 Å². The van der Waals surface area contributed by atoms with Crippen molar-refractivity contribution in [3.05, 3.63) is 41.0 Å². The predicted octanol–water partition coefficient (Wildman–Crippen LogP) is 5.14. The van der Waals surface area contributed by atoms with Crippen LogP contribution < -0.4 is 0 Å². The van der Waals surface area contributed by atoms with E-state index in [9.17, 15) is 19.2 Å². The zero-order valence-corrected chi connectivity index (χ0v) is 22.3. The van der Waals surface area contributed by atoms with Gasteiger partial charge in [0.1, 0.15) is 11.2 Å². The minimum Gasteiger partial charge on any atom is -0.457 e. The number of ether oxygens (including phenoxy) is 2. The zero-order chi connectivity index (χ0) is 26.6. The van der Waals surface area contributed by atoms with Crippen molar-refractivity contribution in [1.29, 1.82) is 0 Å². The van der Waals surface area contributed by atoms with Crippen LogP contribution in [0.5, 0.6) is 0 Å². The van der Waals surface area contributed by atoms with E-state index in [4.69, 9.17) is 21.1 Å². The predicted molar refractivity (Wildman–Crippen MR) is 133 cm³/mol. The van der Waals surface area contributed by atoms with Crippen LogP contribution in [0.25, 0.3) is 0 Å². The van der Waals surface area contributed by atoms with Crippen LogP contribution in [0.3, 0.4) is 0 Å². The Morgan fingerprint density at radius 3 is 1.68 bits per heavy atom. The highest BCUT2D eigenvalue weighted by Gasteiger charge is 2.48. The van der Waals surface area contributed by atoms with Crippen molar-refractivity contribution in [2.45, 2.75) is 85.3 Å². The molecule has 1 aromatic carbocycles. The van der Waals surface area contributed by atoms with Gasteiger partial charge in [0, 0.05) is 6.08 Å². The van der Waals surface area contributed by atoms with Gasteiger partial charge in [-0.2, -0.15) is 0 Å². The van der Waals surface area contributed by atoms with Gasteiger partial charge >= 0.3 is 11.9 Å². The van der Waals surface area contributed by atoms with Gasteiger partial charge in [0.2, 0.25) is 4.87 Å². The molecule has 0 aliphatic heterocycles. The molecule has 1 rings (SSSR count). The number of hydrogen-bond acceptors (Lipinski definition) is 7. The molecule has 1 aromatic rings. The number of carbonyl (C=O) groups is 4. The lowest BCUT2D eigenvalue weighted by Gasteiger charge is -2.27. The van der Waals surface area contributed by atoms with Crippen molar-refractivity contribution in [3.8, 4) is 0 Å². The third-order valence-corrected chi connectivity index (χ3v) is 5.21. The summed E-state index contributed by atoms with van der Waals surface area (Å²) in [6.07, 6.45) is 0.870. The number of aryl methyl sites for hydroxylation is 2. The minimum atomic E-state index is -2.33. The lowest BCUT2D eigenvalue weighted by Crippen LogP contribution is -2.49. The Kier molecular flexibility index (Phi) is 9.15.